The van der Waals surface area contributed by atoms with Crippen molar-refractivity contribution in [3.05, 3.63) is 29.3 Å². The van der Waals surface area contributed by atoms with Gasteiger partial charge in [-0.2, -0.15) is 0 Å². The zero-order chi connectivity index (χ0) is 13.0. The zero-order valence-corrected chi connectivity index (χ0v) is 11.2. The van der Waals surface area contributed by atoms with Crippen LogP contribution in [0.3, 0.4) is 0 Å². The molecule has 0 amide bonds. The minimum absolute atomic E-state index is 0.179. The van der Waals surface area contributed by atoms with Gasteiger partial charge in [-0.25, -0.2) is 0 Å². The number of ether oxygens (including phenoxy) is 1. The molecule has 4 nitrogen and oxygen atoms in total. The Hall–Kier alpha value is -1.26. The van der Waals surface area contributed by atoms with E-state index in [0.29, 0.717) is 6.54 Å². The van der Waals surface area contributed by atoms with Gasteiger partial charge in [0.2, 0.25) is 0 Å². The predicted molar refractivity (Wildman–Crippen MR) is 72.1 cm³/mol. The van der Waals surface area contributed by atoms with Crippen LogP contribution in [-0.2, 0) is 9.53 Å². The molecule has 0 spiro atoms. The van der Waals surface area contributed by atoms with Crippen molar-refractivity contribution in [2.24, 2.45) is 0 Å². The summed E-state index contributed by atoms with van der Waals surface area (Å²) in [4.78, 5) is 15.5. The van der Waals surface area contributed by atoms with Gasteiger partial charge in [0.05, 0.1) is 24.4 Å². The van der Waals surface area contributed by atoms with E-state index in [9.17, 15) is 4.79 Å². The number of hydrogen-bond donors (Lipinski definition) is 0. The molecule has 98 valence electrons. The van der Waals surface area contributed by atoms with Crippen molar-refractivity contribution >= 4 is 23.3 Å². The SMILES string of the molecule is COC(=O)CN1CCN(c2ccccc2Cl)CC1. The lowest BCUT2D eigenvalue weighted by atomic mass is 10.2. The highest BCUT2D eigenvalue weighted by molar-refractivity contribution is 6.33. The second kappa shape index (κ2) is 6.07. The van der Waals surface area contributed by atoms with Gasteiger partial charge in [0.1, 0.15) is 0 Å². The van der Waals surface area contributed by atoms with Crippen LogP contribution in [0.1, 0.15) is 0 Å². The molecule has 0 radical (unpaired) electrons. The molecule has 0 saturated carbocycles. The van der Waals surface area contributed by atoms with Gasteiger partial charge in [-0.1, -0.05) is 23.7 Å². The molecule has 1 aliphatic rings. The first-order chi connectivity index (χ1) is 8.70. The smallest absolute Gasteiger partial charge is 0.319 e. The topological polar surface area (TPSA) is 32.8 Å². The molecule has 0 atom stereocenters. The molecule has 0 unspecified atom stereocenters. The third kappa shape index (κ3) is 3.15. The monoisotopic (exact) mass is 268 g/mol. The molecule has 0 aliphatic carbocycles. The van der Waals surface area contributed by atoms with Crippen molar-refractivity contribution in [1.82, 2.24) is 4.90 Å². The van der Waals surface area contributed by atoms with E-state index in [1.807, 2.05) is 24.3 Å². The standard InChI is InChI=1S/C13H17ClN2O2/c1-18-13(17)10-15-6-8-16(9-7-15)12-5-3-2-4-11(12)14/h2-5H,6-10H2,1H3. The molecule has 1 saturated heterocycles. The van der Waals surface area contributed by atoms with Gasteiger partial charge in [-0.05, 0) is 12.1 Å². The molecule has 18 heavy (non-hydrogen) atoms. The van der Waals surface area contributed by atoms with Crippen LogP contribution >= 0.6 is 11.6 Å². The number of carbonyl (C=O) groups is 1. The first kappa shape index (κ1) is 13.2. The second-order valence-electron chi connectivity index (χ2n) is 4.29. The van der Waals surface area contributed by atoms with E-state index < -0.39 is 0 Å². The fourth-order valence-corrected chi connectivity index (χ4v) is 2.36. The van der Waals surface area contributed by atoms with E-state index in [0.717, 1.165) is 36.9 Å². The number of para-hydroxylation sites is 1. The minimum Gasteiger partial charge on any atom is -0.468 e. The van der Waals surface area contributed by atoms with Crippen LogP contribution in [0.5, 0.6) is 0 Å². The summed E-state index contributed by atoms with van der Waals surface area (Å²) < 4.78 is 4.67. The highest BCUT2D eigenvalue weighted by atomic mass is 35.5. The number of rotatable bonds is 3. The Bertz CT molecular complexity index is 417. The van der Waals surface area contributed by atoms with Crippen LogP contribution in [0.25, 0.3) is 0 Å². The normalized spacial score (nSPS) is 16.7. The Morgan fingerprint density at radius 2 is 1.94 bits per heavy atom. The highest BCUT2D eigenvalue weighted by Gasteiger charge is 2.20. The van der Waals surface area contributed by atoms with E-state index in [2.05, 4.69) is 14.5 Å². The fourth-order valence-electron chi connectivity index (χ4n) is 2.10. The molecule has 1 aliphatic heterocycles. The molecule has 0 aromatic heterocycles. The van der Waals surface area contributed by atoms with Crippen LogP contribution < -0.4 is 4.90 Å². The van der Waals surface area contributed by atoms with E-state index in [4.69, 9.17) is 11.6 Å². The van der Waals surface area contributed by atoms with Crippen molar-refractivity contribution in [1.29, 1.82) is 0 Å². The lowest BCUT2D eigenvalue weighted by molar-refractivity contribution is -0.142. The zero-order valence-electron chi connectivity index (χ0n) is 10.4. The second-order valence-corrected chi connectivity index (χ2v) is 4.70. The molecule has 2 rings (SSSR count). The van der Waals surface area contributed by atoms with Crippen molar-refractivity contribution in [2.45, 2.75) is 0 Å². The number of methoxy groups -OCH3 is 1. The summed E-state index contributed by atoms with van der Waals surface area (Å²) in [5, 5.41) is 0.777. The van der Waals surface area contributed by atoms with Crippen LogP contribution in [0.15, 0.2) is 24.3 Å². The summed E-state index contributed by atoms with van der Waals surface area (Å²) in [7, 11) is 1.42. The summed E-state index contributed by atoms with van der Waals surface area (Å²) in [6.45, 7) is 3.81. The first-order valence-corrected chi connectivity index (χ1v) is 6.37. The van der Waals surface area contributed by atoms with Gasteiger partial charge in [-0.3, -0.25) is 9.69 Å². The molecule has 5 heteroatoms. The first-order valence-electron chi connectivity index (χ1n) is 5.99. The lowest BCUT2D eigenvalue weighted by Crippen LogP contribution is -2.48. The maximum Gasteiger partial charge on any atom is 0.319 e. The number of nitrogens with zero attached hydrogens (tertiary/aromatic N) is 2. The largest absolute Gasteiger partial charge is 0.468 e. The average molecular weight is 269 g/mol. The molecule has 1 fully saturated rings. The van der Waals surface area contributed by atoms with Gasteiger partial charge in [0.25, 0.3) is 0 Å². The Kier molecular flexibility index (Phi) is 4.44. The Morgan fingerprint density at radius 3 is 2.56 bits per heavy atom. The molecular formula is C13H17ClN2O2. The van der Waals surface area contributed by atoms with Crippen molar-refractivity contribution < 1.29 is 9.53 Å². The average Bonchev–Trinajstić information content (AvgIpc) is 2.40. The molecular weight excluding hydrogens is 252 g/mol. The third-order valence-corrected chi connectivity index (χ3v) is 3.47. The van der Waals surface area contributed by atoms with Crippen molar-refractivity contribution in [3.63, 3.8) is 0 Å². The van der Waals surface area contributed by atoms with E-state index in [1.54, 1.807) is 0 Å². The number of benzene rings is 1. The summed E-state index contributed by atoms with van der Waals surface area (Å²) >= 11 is 6.17. The number of hydrogen-bond acceptors (Lipinski definition) is 4. The Balaban J connectivity index is 1.91. The van der Waals surface area contributed by atoms with Crippen molar-refractivity contribution in [3.8, 4) is 0 Å². The van der Waals surface area contributed by atoms with Crippen LogP contribution in [0.2, 0.25) is 5.02 Å². The van der Waals surface area contributed by atoms with Gasteiger partial charge in [0.15, 0.2) is 0 Å². The third-order valence-electron chi connectivity index (χ3n) is 3.15. The molecule has 1 aromatic carbocycles. The molecule has 1 heterocycles. The van der Waals surface area contributed by atoms with Crippen LogP contribution in [-0.4, -0.2) is 50.7 Å². The maximum atomic E-state index is 11.2. The van der Waals surface area contributed by atoms with Gasteiger partial charge >= 0.3 is 5.97 Å². The maximum absolute atomic E-state index is 11.2. The van der Waals surface area contributed by atoms with Gasteiger partial charge < -0.3 is 9.64 Å². The predicted octanol–water partition coefficient (Wildman–Crippen LogP) is 1.63. The van der Waals surface area contributed by atoms with Crippen LogP contribution in [0, 0.1) is 0 Å². The lowest BCUT2D eigenvalue weighted by Gasteiger charge is -2.35. The van der Waals surface area contributed by atoms with Gasteiger partial charge in [-0.15, -0.1) is 0 Å². The summed E-state index contributed by atoms with van der Waals surface area (Å²) in [6, 6.07) is 7.84. The summed E-state index contributed by atoms with van der Waals surface area (Å²) in [6.07, 6.45) is 0. The van der Waals surface area contributed by atoms with E-state index >= 15 is 0 Å². The minimum atomic E-state index is -0.179. The van der Waals surface area contributed by atoms with Crippen molar-refractivity contribution in [2.75, 3.05) is 44.7 Å². The number of esters is 1. The summed E-state index contributed by atoms with van der Waals surface area (Å²) in [5.41, 5.74) is 1.07. The quantitative estimate of drug-likeness (QED) is 0.781. The molecule has 0 N–H and O–H groups in total. The number of anilines is 1. The fraction of sp³-hybridized carbons (Fsp3) is 0.462. The Labute approximate surface area is 112 Å². The van der Waals surface area contributed by atoms with E-state index in [-0.39, 0.29) is 5.97 Å². The highest BCUT2D eigenvalue weighted by Crippen LogP contribution is 2.25. The van der Waals surface area contributed by atoms with Crippen LogP contribution in [0.4, 0.5) is 5.69 Å². The molecule has 0 bridgehead atoms. The number of piperazine rings is 1. The number of carbonyl (C=O) groups excluding carboxylic acids is 1. The molecule has 1 aromatic rings. The number of halogens is 1. The van der Waals surface area contributed by atoms with E-state index in [1.165, 1.54) is 7.11 Å². The van der Waals surface area contributed by atoms with Gasteiger partial charge in [0, 0.05) is 26.2 Å². The Morgan fingerprint density at radius 1 is 1.28 bits per heavy atom. The summed E-state index contributed by atoms with van der Waals surface area (Å²) in [5.74, 6) is -0.179.